The Balaban J connectivity index is 2.42. The molecule has 0 aliphatic heterocycles. The first-order valence-electron chi connectivity index (χ1n) is 5.55. The number of nitriles is 1. The zero-order valence-corrected chi connectivity index (χ0v) is 11.0. The highest BCUT2D eigenvalue weighted by Gasteiger charge is 2.33. The van der Waals surface area contributed by atoms with Crippen LogP contribution in [0.3, 0.4) is 0 Å². The molecular formula is C14H6F5NS. The van der Waals surface area contributed by atoms with Crippen molar-refractivity contribution < 1.29 is 22.0 Å². The van der Waals surface area contributed by atoms with Crippen LogP contribution in [0.2, 0.25) is 0 Å². The summed E-state index contributed by atoms with van der Waals surface area (Å²) in [5, 5.41) is 8.68. The Bertz CT molecular complexity index is 718. The minimum Gasteiger partial charge on any atom is -0.207 e. The lowest BCUT2D eigenvalue weighted by Crippen LogP contribution is -2.07. The molecule has 0 amide bonds. The van der Waals surface area contributed by atoms with E-state index in [4.69, 9.17) is 5.26 Å². The third-order valence-electron chi connectivity index (χ3n) is 2.54. The van der Waals surface area contributed by atoms with Gasteiger partial charge in [-0.3, -0.25) is 0 Å². The second-order valence-electron chi connectivity index (χ2n) is 3.99. The number of hydrogen-bond acceptors (Lipinski definition) is 2. The molecule has 2 aromatic carbocycles. The van der Waals surface area contributed by atoms with Crippen molar-refractivity contribution in [3.63, 3.8) is 0 Å². The van der Waals surface area contributed by atoms with Crippen LogP contribution in [-0.2, 0) is 6.18 Å². The smallest absolute Gasteiger partial charge is 0.207 e. The lowest BCUT2D eigenvalue weighted by Gasteiger charge is -2.11. The molecule has 0 heterocycles. The maximum atomic E-state index is 13.5. The summed E-state index contributed by atoms with van der Waals surface area (Å²) in [7, 11) is 0. The molecule has 0 bridgehead atoms. The van der Waals surface area contributed by atoms with Crippen LogP contribution >= 0.6 is 11.8 Å². The molecule has 0 saturated heterocycles. The molecule has 0 radical (unpaired) electrons. The van der Waals surface area contributed by atoms with E-state index in [0.717, 1.165) is 30.3 Å². The average Bonchev–Trinajstić information content (AvgIpc) is 2.42. The Labute approximate surface area is 121 Å². The number of rotatable bonds is 2. The molecule has 0 saturated carbocycles. The minimum absolute atomic E-state index is 0.0609. The second-order valence-corrected chi connectivity index (χ2v) is 5.11. The number of halogens is 5. The maximum Gasteiger partial charge on any atom is 0.417 e. The number of hydrogen-bond donors (Lipinski definition) is 0. The summed E-state index contributed by atoms with van der Waals surface area (Å²) >= 11 is 0.653. The Morgan fingerprint density at radius 2 is 1.71 bits per heavy atom. The molecular weight excluding hydrogens is 309 g/mol. The average molecular weight is 315 g/mol. The van der Waals surface area contributed by atoms with Crippen LogP contribution < -0.4 is 0 Å². The molecule has 0 N–H and O–H groups in total. The summed E-state index contributed by atoms with van der Waals surface area (Å²) in [5.41, 5.74) is -1.63. The Morgan fingerprint density at radius 1 is 1.00 bits per heavy atom. The first kappa shape index (κ1) is 15.3. The molecule has 2 aromatic rings. The van der Waals surface area contributed by atoms with Gasteiger partial charge in [-0.15, -0.1) is 0 Å². The molecule has 7 heteroatoms. The van der Waals surface area contributed by atoms with Crippen molar-refractivity contribution in [2.24, 2.45) is 0 Å². The van der Waals surface area contributed by atoms with E-state index in [-0.39, 0.29) is 9.79 Å². The molecule has 2 rings (SSSR count). The maximum absolute atomic E-state index is 13.5. The van der Waals surface area contributed by atoms with Crippen molar-refractivity contribution in [1.29, 1.82) is 5.26 Å². The van der Waals surface area contributed by atoms with E-state index in [1.165, 1.54) is 12.1 Å². The standard InChI is InChI=1S/C14H6F5NS/c15-9-2-4-12(16)13(5-9)21-10-3-1-8(7-20)11(6-10)14(17,18)19/h1-6H. The summed E-state index contributed by atoms with van der Waals surface area (Å²) in [6.07, 6.45) is -4.69. The Hall–Kier alpha value is -2.07. The normalized spacial score (nSPS) is 11.2. The van der Waals surface area contributed by atoms with Crippen molar-refractivity contribution in [1.82, 2.24) is 0 Å². The zero-order valence-electron chi connectivity index (χ0n) is 10.2. The second kappa shape index (κ2) is 5.74. The summed E-state index contributed by atoms with van der Waals surface area (Å²) in [4.78, 5) is -0.0707. The molecule has 0 unspecified atom stereocenters. The van der Waals surface area contributed by atoms with E-state index in [9.17, 15) is 22.0 Å². The van der Waals surface area contributed by atoms with Crippen LogP contribution in [0, 0.1) is 23.0 Å². The van der Waals surface area contributed by atoms with Crippen molar-refractivity contribution in [3.05, 3.63) is 59.2 Å². The van der Waals surface area contributed by atoms with Crippen LogP contribution in [-0.4, -0.2) is 0 Å². The highest BCUT2D eigenvalue weighted by atomic mass is 32.2. The van der Waals surface area contributed by atoms with Crippen molar-refractivity contribution in [2.45, 2.75) is 16.0 Å². The predicted octanol–water partition coefficient (Wildman–Crippen LogP) is 5.01. The van der Waals surface area contributed by atoms with E-state index >= 15 is 0 Å². The van der Waals surface area contributed by atoms with E-state index in [2.05, 4.69) is 0 Å². The molecule has 0 atom stereocenters. The minimum atomic E-state index is -4.69. The first-order chi connectivity index (χ1) is 9.81. The predicted molar refractivity (Wildman–Crippen MR) is 66.6 cm³/mol. The molecule has 0 aliphatic rings. The van der Waals surface area contributed by atoms with Gasteiger partial charge in [-0.1, -0.05) is 11.8 Å². The van der Waals surface area contributed by atoms with E-state index in [1.807, 2.05) is 0 Å². The summed E-state index contributed by atoms with van der Waals surface area (Å²) < 4.78 is 64.9. The van der Waals surface area contributed by atoms with Crippen LogP contribution in [0.1, 0.15) is 11.1 Å². The SMILES string of the molecule is N#Cc1ccc(Sc2cc(F)ccc2F)cc1C(F)(F)F. The van der Waals surface area contributed by atoms with Gasteiger partial charge in [0.15, 0.2) is 0 Å². The van der Waals surface area contributed by atoms with Gasteiger partial charge in [0.1, 0.15) is 11.6 Å². The largest absolute Gasteiger partial charge is 0.417 e. The molecule has 1 nitrogen and oxygen atoms in total. The van der Waals surface area contributed by atoms with Gasteiger partial charge in [-0.05, 0) is 36.4 Å². The third kappa shape index (κ3) is 3.52. The molecule has 21 heavy (non-hydrogen) atoms. The summed E-state index contributed by atoms with van der Waals surface area (Å²) in [5.74, 6) is -1.43. The highest BCUT2D eigenvalue weighted by molar-refractivity contribution is 7.99. The number of benzene rings is 2. The van der Waals surface area contributed by atoms with Gasteiger partial charge in [0.25, 0.3) is 0 Å². The molecule has 0 spiro atoms. The molecule has 0 aliphatic carbocycles. The van der Waals surface area contributed by atoms with E-state index in [0.29, 0.717) is 11.8 Å². The van der Waals surface area contributed by atoms with E-state index in [1.54, 1.807) is 0 Å². The molecule has 0 fully saturated rings. The van der Waals surface area contributed by atoms with Gasteiger partial charge in [0.2, 0.25) is 0 Å². The van der Waals surface area contributed by atoms with Gasteiger partial charge in [-0.2, -0.15) is 18.4 Å². The molecule has 108 valence electrons. The Kier molecular flexibility index (Phi) is 4.19. The lowest BCUT2D eigenvalue weighted by molar-refractivity contribution is -0.137. The fraction of sp³-hybridized carbons (Fsp3) is 0.0714. The van der Waals surface area contributed by atoms with Crippen LogP contribution in [0.25, 0.3) is 0 Å². The van der Waals surface area contributed by atoms with Gasteiger partial charge in [0, 0.05) is 4.90 Å². The topological polar surface area (TPSA) is 23.8 Å². The fourth-order valence-electron chi connectivity index (χ4n) is 1.60. The van der Waals surface area contributed by atoms with Crippen molar-refractivity contribution >= 4 is 11.8 Å². The monoisotopic (exact) mass is 315 g/mol. The highest BCUT2D eigenvalue weighted by Crippen LogP contribution is 2.37. The lowest BCUT2D eigenvalue weighted by atomic mass is 10.1. The van der Waals surface area contributed by atoms with Gasteiger partial charge < -0.3 is 0 Å². The van der Waals surface area contributed by atoms with Crippen LogP contribution in [0.5, 0.6) is 0 Å². The van der Waals surface area contributed by atoms with Gasteiger partial charge in [0.05, 0.1) is 22.1 Å². The van der Waals surface area contributed by atoms with Gasteiger partial charge >= 0.3 is 6.18 Å². The van der Waals surface area contributed by atoms with Crippen molar-refractivity contribution in [3.8, 4) is 6.07 Å². The third-order valence-corrected chi connectivity index (χ3v) is 3.56. The summed E-state index contributed by atoms with van der Waals surface area (Å²) in [6, 6.07) is 7.15. The number of nitrogens with zero attached hydrogens (tertiary/aromatic N) is 1. The zero-order chi connectivity index (χ0) is 15.6. The van der Waals surface area contributed by atoms with Crippen molar-refractivity contribution in [2.75, 3.05) is 0 Å². The van der Waals surface area contributed by atoms with E-state index < -0.39 is 28.9 Å². The quantitative estimate of drug-likeness (QED) is 0.728. The van der Waals surface area contributed by atoms with Crippen LogP contribution in [0.4, 0.5) is 22.0 Å². The van der Waals surface area contributed by atoms with Crippen LogP contribution in [0.15, 0.2) is 46.2 Å². The first-order valence-corrected chi connectivity index (χ1v) is 6.37. The molecule has 0 aromatic heterocycles. The van der Waals surface area contributed by atoms with Gasteiger partial charge in [-0.25, -0.2) is 8.78 Å². The summed E-state index contributed by atoms with van der Waals surface area (Å²) in [6.45, 7) is 0. The number of alkyl halides is 3. The fourth-order valence-corrected chi connectivity index (χ4v) is 2.51. The Morgan fingerprint density at radius 3 is 2.33 bits per heavy atom.